The molecular weight excluding hydrogens is 288 g/mol. The maximum atomic E-state index is 12.4. The quantitative estimate of drug-likeness (QED) is 0.837. The highest BCUT2D eigenvalue weighted by atomic mass is 32.1. The van der Waals surface area contributed by atoms with E-state index in [9.17, 15) is 14.7 Å². The van der Waals surface area contributed by atoms with Gasteiger partial charge in [-0.15, -0.1) is 11.3 Å². The van der Waals surface area contributed by atoms with Crippen LogP contribution in [0.25, 0.3) is 0 Å². The summed E-state index contributed by atoms with van der Waals surface area (Å²) >= 11 is 1.34. The predicted molar refractivity (Wildman–Crippen MR) is 81.7 cm³/mol. The van der Waals surface area contributed by atoms with Crippen LogP contribution < -0.4 is 5.32 Å². The zero-order chi connectivity index (χ0) is 15.5. The zero-order valence-corrected chi connectivity index (χ0v) is 13.3. The van der Waals surface area contributed by atoms with Crippen molar-refractivity contribution in [3.05, 3.63) is 16.1 Å². The van der Waals surface area contributed by atoms with E-state index in [4.69, 9.17) is 0 Å². The first-order valence-corrected chi connectivity index (χ1v) is 8.28. The van der Waals surface area contributed by atoms with Crippen LogP contribution in [-0.4, -0.2) is 27.5 Å². The number of carbonyl (C=O) groups excluding carboxylic acids is 1. The van der Waals surface area contributed by atoms with Crippen LogP contribution in [0.2, 0.25) is 0 Å². The minimum atomic E-state index is -1.12. The molecule has 2 N–H and O–H groups in total. The molecule has 5 nitrogen and oxygen atoms in total. The number of carboxylic acids is 1. The number of hydrogen-bond acceptors (Lipinski definition) is 4. The van der Waals surface area contributed by atoms with Crippen molar-refractivity contribution in [1.82, 2.24) is 10.3 Å². The van der Waals surface area contributed by atoms with Gasteiger partial charge in [0, 0.05) is 5.92 Å². The first kappa shape index (κ1) is 15.9. The SMILES string of the molecule is CC(C)c1ncc(C(=O)NC2(C(=O)O)CCCCCC2)s1. The van der Waals surface area contributed by atoms with Crippen molar-refractivity contribution in [1.29, 1.82) is 0 Å². The zero-order valence-electron chi connectivity index (χ0n) is 12.5. The standard InChI is InChI=1S/C15H22N2O3S/c1-10(2)13-16-9-11(21-13)12(18)17-15(14(19)20)7-5-3-4-6-8-15/h9-10H,3-8H2,1-2H3,(H,17,18)(H,19,20). The van der Waals surface area contributed by atoms with E-state index in [1.807, 2.05) is 13.8 Å². The highest BCUT2D eigenvalue weighted by Gasteiger charge is 2.40. The lowest BCUT2D eigenvalue weighted by molar-refractivity contribution is -0.145. The third kappa shape index (κ3) is 3.61. The lowest BCUT2D eigenvalue weighted by Gasteiger charge is -2.28. The van der Waals surface area contributed by atoms with Gasteiger partial charge in [-0.3, -0.25) is 4.79 Å². The fourth-order valence-electron chi connectivity index (χ4n) is 2.66. The van der Waals surface area contributed by atoms with Crippen molar-refractivity contribution in [2.24, 2.45) is 0 Å². The van der Waals surface area contributed by atoms with Crippen LogP contribution in [0.1, 0.15) is 73.0 Å². The van der Waals surface area contributed by atoms with E-state index in [2.05, 4.69) is 10.3 Å². The van der Waals surface area contributed by atoms with Crippen LogP contribution in [0.3, 0.4) is 0 Å². The number of carboxylic acid groups (broad SMARTS) is 1. The summed E-state index contributed by atoms with van der Waals surface area (Å²) in [6, 6.07) is 0. The van der Waals surface area contributed by atoms with Gasteiger partial charge in [0.1, 0.15) is 10.4 Å². The van der Waals surface area contributed by atoms with Crippen molar-refractivity contribution in [2.75, 3.05) is 0 Å². The summed E-state index contributed by atoms with van der Waals surface area (Å²) in [5.41, 5.74) is -1.12. The lowest BCUT2D eigenvalue weighted by atomic mass is 9.90. The van der Waals surface area contributed by atoms with Gasteiger partial charge in [-0.25, -0.2) is 9.78 Å². The average molecular weight is 310 g/mol. The molecule has 1 amide bonds. The Hall–Kier alpha value is -1.43. The summed E-state index contributed by atoms with van der Waals surface area (Å²) in [7, 11) is 0. The van der Waals surface area contributed by atoms with Crippen molar-refractivity contribution < 1.29 is 14.7 Å². The molecule has 0 bridgehead atoms. The second kappa shape index (κ2) is 6.56. The Morgan fingerprint density at radius 3 is 2.38 bits per heavy atom. The van der Waals surface area contributed by atoms with Gasteiger partial charge >= 0.3 is 5.97 Å². The third-order valence-corrected chi connectivity index (χ3v) is 5.26. The number of carbonyl (C=O) groups is 2. The Morgan fingerprint density at radius 2 is 1.90 bits per heavy atom. The fourth-order valence-corrected chi connectivity index (χ4v) is 3.48. The van der Waals surface area contributed by atoms with Gasteiger partial charge in [0.15, 0.2) is 0 Å². The molecule has 1 aromatic heterocycles. The van der Waals surface area contributed by atoms with Gasteiger partial charge in [0.2, 0.25) is 0 Å². The molecule has 0 saturated heterocycles. The maximum absolute atomic E-state index is 12.4. The normalized spacial score (nSPS) is 18.2. The van der Waals surface area contributed by atoms with Crippen LogP contribution in [0.15, 0.2) is 6.20 Å². The number of hydrogen-bond donors (Lipinski definition) is 2. The lowest BCUT2D eigenvalue weighted by Crippen LogP contribution is -2.54. The number of nitrogens with zero attached hydrogens (tertiary/aromatic N) is 1. The summed E-state index contributed by atoms with van der Waals surface area (Å²) in [5, 5.41) is 13.2. The molecule has 21 heavy (non-hydrogen) atoms. The van der Waals surface area contributed by atoms with Gasteiger partial charge in [-0.05, 0) is 12.8 Å². The number of thiazole rings is 1. The maximum Gasteiger partial charge on any atom is 0.329 e. The fraction of sp³-hybridized carbons (Fsp3) is 0.667. The summed E-state index contributed by atoms with van der Waals surface area (Å²) in [6.07, 6.45) is 6.29. The van der Waals surface area contributed by atoms with E-state index >= 15 is 0 Å². The minimum Gasteiger partial charge on any atom is -0.480 e. The number of nitrogens with one attached hydrogen (secondary N) is 1. The summed E-state index contributed by atoms with van der Waals surface area (Å²) in [5.74, 6) is -0.974. The van der Waals surface area contributed by atoms with Crippen molar-refractivity contribution in [3.63, 3.8) is 0 Å². The van der Waals surface area contributed by atoms with Crippen LogP contribution in [0.4, 0.5) is 0 Å². The van der Waals surface area contributed by atoms with Crippen LogP contribution in [-0.2, 0) is 4.79 Å². The van der Waals surface area contributed by atoms with E-state index in [1.54, 1.807) is 6.20 Å². The number of aromatic nitrogens is 1. The molecule has 0 atom stereocenters. The van der Waals surface area contributed by atoms with Gasteiger partial charge in [0.25, 0.3) is 5.91 Å². The Bertz CT molecular complexity index is 517. The molecule has 1 aliphatic carbocycles. The second-order valence-electron chi connectivity index (χ2n) is 5.97. The first-order valence-electron chi connectivity index (χ1n) is 7.46. The Morgan fingerprint density at radius 1 is 1.29 bits per heavy atom. The molecule has 1 saturated carbocycles. The molecule has 1 heterocycles. The Balaban J connectivity index is 2.15. The third-order valence-electron chi connectivity index (χ3n) is 3.96. The summed E-state index contributed by atoms with van der Waals surface area (Å²) < 4.78 is 0. The van der Waals surface area contributed by atoms with E-state index < -0.39 is 11.5 Å². The van der Waals surface area contributed by atoms with Gasteiger partial charge in [-0.2, -0.15) is 0 Å². The second-order valence-corrected chi connectivity index (χ2v) is 7.04. The van der Waals surface area contributed by atoms with Gasteiger partial charge in [0.05, 0.1) is 11.2 Å². The Labute approximate surface area is 128 Å². The molecule has 1 fully saturated rings. The van der Waals surface area contributed by atoms with Gasteiger partial charge in [-0.1, -0.05) is 39.5 Å². The van der Waals surface area contributed by atoms with Crippen LogP contribution in [0, 0.1) is 0 Å². The highest BCUT2D eigenvalue weighted by Crippen LogP contribution is 2.29. The van der Waals surface area contributed by atoms with Crippen LogP contribution in [0.5, 0.6) is 0 Å². The molecule has 0 aromatic carbocycles. The molecule has 0 unspecified atom stereocenters. The smallest absolute Gasteiger partial charge is 0.329 e. The summed E-state index contributed by atoms with van der Waals surface area (Å²) in [6.45, 7) is 4.04. The van der Waals surface area contributed by atoms with Crippen molar-refractivity contribution >= 4 is 23.2 Å². The topological polar surface area (TPSA) is 79.3 Å². The van der Waals surface area contributed by atoms with E-state index in [-0.39, 0.29) is 11.8 Å². The molecular formula is C15H22N2O3S. The Kier molecular flexibility index (Phi) is 4.98. The highest BCUT2D eigenvalue weighted by molar-refractivity contribution is 7.13. The van der Waals surface area contributed by atoms with Crippen molar-refractivity contribution in [3.8, 4) is 0 Å². The average Bonchev–Trinajstić information content (AvgIpc) is 2.81. The van der Waals surface area contributed by atoms with E-state index in [0.29, 0.717) is 17.7 Å². The predicted octanol–water partition coefficient (Wildman–Crippen LogP) is 3.17. The molecule has 6 heteroatoms. The number of aliphatic carboxylic acids is 1. The molecule has 2 rings (SSSR count). The number of rotatable bonds is 4. The van der Waals surface area contributed by atoms with Crippen molar-refractivity contribution in [2.45, 2.75) is 63.8 Å². The summed E-state index contributed by atoms with van der Waals surface area (Å²) in [4.78, 5) is 28.8. The van der Waals surface area contributed by atoms with E-state index in [0.717, 1.165) is 30.7 Å². The first-order chi connectivity index (χ1) is 9.94. The monoisotopic (exact) mass is 310 g/mol. The van der Waals surface area contributed by atoms with Crippen LogP contribution >= 0.6 is 11.3 Å². The van der Waals surface area contributed by atoms with Gasteiger partial charge < -0.3 is 10.4 Å². The number of amides is 1. The largest absolute Gasteiger partial charge is 0.480 e. The molecule has 0 spiro atoms. The van der Waals surface area contributed by atoms with E-state index in [1.165, 1.54) is 11.3 Å². The molecule has 1 aliphatic rings. The molecule has 116 valence electrons. The molecule has 1 aromatic rings. The molecule has 0 radical (unpaired) electrons. The molecule has 0 aliphatic heterocycles. The minimum absolute atomic E-state index is 0.267.